The van der Waals surface area contributed by atoms with E-state index in [-0.39, 0.29) is 24.4 Å². The summed E-state index contributed by atoms with van der Waals surface area (Å²) in [6, 6.07) is 21.7. The van der Waals surface area contributed by atoms with Gasteiger partial charge in [-0.2, -0.15) is 0 Å². The number of carbonyl (C=O) groups excluding carboxylic acids is 2. The third-order valence-corrected chi connectivity index (χ3v) is 4.96. The van der Waals surface area contributed by atoms with Crippen LogP contribution < -0.4 is 15.4 Å². The fourth-order valence-corrected chi connectivity index (χ4v) is 3.28. The van der Waals surface area contributed by atoms with Gasteiger partial charge in [-0.05, 0) is 53.9 Å². The number of halogens is 1. The average Bonchev–Trinajstić information content (AvgIpc) is 2.77. The molecule has 3 aromatic rings. The molecule has 0 aliphatic rings. The van der Waals surface area contributed by atoms with Gasteiger partial charge >= 0.3 is 0 Å². The highest BCUT2D eigenvalue weighted by Gasteiger charge is 2.17. The summed E-state index contributed by atoms with van der Waals surface area (Å²) in [4.78, 5) is 25.0. The predicted octanol–water partition coefficient (Wildman–Crippen LogP) is 4.29. The van der Waals surface area contributed by atoms with E-state index in [1.165, 1.54) is 0 Å². The number of hydrogen-bond acceptors (Lipinski definition) is 3. The van der Waals surface area contributed by atoms with Crippen molar-refractivity contribution in [3.05, 3.63) is 100 Å². The van der Waals surface area contributed by atoms with Gasteiger partial charge in [0.1, 0.15) is 5.75 Å². The second-order valence-electron chi connectivity index (χ2n) is 6.83. The Balaban J connectivity index is 1.68. The average molecular weight is 423 g/mol. The van der Waals surface area contributed by atoms with Crippen molar-refractivity contribution in [2.24, 2.45) is 0 Å². The Morgan fingerprint density at radius 2 is 1.63 bits per heavy atom. The zero-order valence-corrected chi connectivity index (χ0v) is 17.6. The molecule has 0 saturated heterocycles. The van der Waals surface area contributed by atoms with E-state index in [4.69, 9.17) is 16.3 Å². The van der Waals surface area contributed by atoms with Gasteiger partial charge in [-0.15, -0.1) is 0 Å². The Labute approximate surface area is 181 Å². The van der Waals surface area contributed by atoms with Crippen LogP contribution in [0.5, 0.6) is 5.75 Å². The van der Waals surface area contributed by atoms with Crippen molar-refractivity contribution >= 4 is 23.4 Å². The summed E-state index contributed by atoms with van der Waals surface area (Å²) in [7, 11) is 1.58. The van der Waals surface area contributed by atoms with E-state index < -0.39 is 0 Å². The van der Waals surface area contributed by atoms with Gasteiger partial charge in [0, 0.05) is 10.6 Å². The quantitative estimate of drug-likeness (QED) is 0.596. The molecule has 1 atom stereocenters. The molecule has 0 aliphatic carbocycles. The molecule has 0 saturated carbocycles. The molecule has 0 aromatic heterocycles. The number of benzene rings is 3. The molecule has 3 rings (SSSR count). The van der Waals surface area contributed by atoms with Crippen LogP contribution in [0, 0.1) is 6.92 Å². The first-order chi connectivity index (χ1) is 14.5. The zero-order chi connectivity index (χ0) is 21.5. The molecular weight excluding hydrogens is 400 g/mol. The summed E-state index contributed by atoms with van der Waals surface area (Å²) in [6.07, 6.45) is 0. The minimum atomic E-state index is -0.351. The molecule has 0 heterocycles. The lowest BCUT2D eigenvalue weighted by Crippen LogP contribution is -2.39. The first kappa shape index (κ1) is 21.4. The largest absolute Gasteiger partial charge is 0.496 e. The molecule has 0 radical (unpaired) electrons. The third kappa shape index (κ3) is 5.39. The highest BCUT2D eigenvalue weighted by molar-refractivity contribution is 6.30. The van der Waals surface area contributed by atoms with Gasteiger partial charge in [0.25, 0.3) is 5.91 Å². The number of rotatable bonds is 7. The molecule has 2 N–H and O–H groups in total. The molecule has 6 heteroatoms. The van der Waals surface area contributed by atoms with Crippen molar-refractivity contribution in [2.45, 2.75) is 13.0 Å². The highest BCUT2D eigenvalue weighted by atomic mass is 35.5. The van der Waals surface area contributed by atoms with Crippen LogP contribution in [-0.4, -0.2) is 25.5 Å². The second-order valence-corrected chi connectivity index (χ2v) is 7.27. The van der Waals surface area contributed by atoms with E-state index in [1.54, 1.807) is 37.4 Å². The molecule has 1 unspecified atom stereocenters. The van der Waals surface area contributed by atoms with Crippen molar-refractivity contribution in [1.29, 1.82) is 0 Å². The Morgan fingerprint density at radius 3 is 2.27 bits per heavy atom. The van der Waals surface area contributed by atoms with E-state index >= 15 is 0 Å². The topological polar surface area (TPSA) is 67.4 Å². The summed E-state index contributed by atoms with van der Waals surface area (Å²) in [5, 5.41) is 6.28. The number of carbonyl (C=O) groups is 2. The first-order valence-electron chi connectivity index (χ1n) is 9.50. The molecular formula is C24H23ClN2O3. The van der Waals surface area contributed by atoms with Gasteiger partial charge in [-0.1, -0.05) is 54.1 Å². The molecule has 0 bridgehead atoms. The maximum atomic E-state index is 12.6. The van der Waals surface area contributed by atoms with E-state index in [0.717, 1.165) is 16.7 Å². The number of hydrogen-bond donors (Lipinski definition) is 2. The number of aryl methyl sites for hydroxylation is 1. The Bertz CT molecular complexity index is 1020. The van der Waals surface area contributed by atoms with Crippen molar-refractivity contribution in [3.8, 4) is 5.75 Å². The van der Waals surface area contributed by atoms with Gasteiger partial charge in [0.15, 0.2) is 0 Å². The molecule has 154 valence electrons. The molecule has 0 aliphatic heterocycles. The van der Waals surface area contributed by atoms with E-state index in [0.29, 0.717) is 16.3 Å². The minimum absolute atomic E-state index is 0.138. The zero-order valence-electron chi connectivity index (χ0n) is 16.8. The maximum Gasteiger partial charge on any atom is 0.251 e. The van der Waals surface area contributed by atoms with Crippen molar-refractivity contribution in [1.82, 2.24) is 10.6 Å². The molecule has 30 heavy (non-hydrogen) atoms. The monoisotopic (exact) mass is 422 g/mol. The Hall–Kier alpha value is -3.31. The van der Waals surface area contributed by atoms with Crippen LogP contribution in [0.4, 0.5) is 0 Å². The van der Waals surface area contributed by atoms with Crippen LogP contribution in [-0.2, 0) is 4.79 Å². The number of ether oxygens (including phenoxy) is 1. The smallest absolute Gasteiger partial charge is 0.251 e. The normalized spacial score (nSPS) is 11.4. The molecule has 3 aromatic carbocycles. The fraction of sp³-hybridized carbons (Fsp3) is 0.167. The third-order valence-electron chi connectivity index (χ3n) is 4.71. The van der Waals surface area contributed by atoms with Gasteiger partial charge in [0.2, 0.25) is 5.91 Å². The van der Waals surface area contributed by atoms with E-state index in [9.17, 15) is 9.59 Å². The van der Waals surface area contributed by atoms with Crippen LogP contribution in [0.1, 0.15) is 33.1 Å². The fourth-order valence-electron chi connectivity index (χ4n) is 3.15. The standard InChI is InChI=1S/C24H23ClN2O3/c1-16-14-19(10-13-21(16)30-2)24(29)26-15-22(28)27-23(17-6-4-3-5-7-17)18-8-11-20(25)12-9-18/h3-14,23H,15H2,1-2H3,(H,26,29)(H,27,28). The van der Waals surface area contributed by atoms with Gasteiger partial charge in [-0.3, -0.25) is 9.59 Å². The maximum absolute atomic E-state index is 12.6. The van der Waals surface area contributed by atoms with Crippen molar-refractivity contribution in [2.75, 3.05) is 13.7 Å². The number of nitrogens with one attached hydrogen (secondary N) is 2. The van der Waals surface area contributed by atoms with Crippen molar-refractivity contribution < 1.29 is 14.3 Å². The van der Waals surface area contributed by atoms with E-state index in [1.807, 2.05) is 49.4 Å². The summed E-state index contributed by atoms with van der Waals surface area (Å²) in [5.41, 5.74) is 3.15. The predicted molar refractivity (Wildman–Crippen MR) is 118 cm³/mol. The summed E-state index contributed by atoms with van der Waals surface area (Å²) < 4.78 is 5.21. The van der Waals surface area contributed by atoms with Crippen LogP contribution in [0.3, 0.4) is 0 Å². The van der Waals surface area contributed by atoms with Gasteiger partial charge in [0.05, 0.1) is 19.7 Å². The SMILES string of the molecule is COc1ccc(C(=O)NCC(=O)NC(c2ccccc2)c2ccc(Cl)cc2)cc1C. The van der Waals surface area contributed by atoms with Crippen LogP contribution >= 0.6 is 11.6 Å². The lowest BCUT2D eigenvalue weighted by atomic mass is 9.98. The van der Waals surface area contributed by atoms with Crippen molar-refractivity contribution in [3.63, 3.8) is 0 Å². The lowest BCUT2D eigenvalue weighted by molar-refractivity contribution is -0.120. The molecule has 0 spiro atoms. The molecule has 5 nitrogen and oxygen atoms in total. The summed E-state index contributed by atoms with van der Waals surface area (Å²) in [5.74, 6) is 0.0917. The Morgan fingerprint density at radius 1 is 0.967 bits per heavy atom. The highest BCUT2D eigenvalue weighted by Crippen LogP contribution is 2.23. The second kappa shape index (κ2) is 9.94. The number of amides is 2. The van der Waals surface area contributed by atoms with Gasteiger partial charge in [-0.25, -0.2) is 0 Å². The molecule has 2 amide bonds. The van der Waals surface area contributed by atoms with Gasteiger partial charge < -0.3 is 15.4 Å². The Kier molecular flexibility index (Phi) is 7.09. The minimum Gasteiger partial charge on any atom is -0.496 e. The van der Waals surface area contributed by atoms with Crippen LogP contribution in [0.25, 0.3) is 0 Å². The number of methoxy groups -OCH3 is 1. The summed E-state index contributed by atoms with van der Waals surface area (Å²) in [6.45, 7) is 1.72. The van der Waals surface area contributed by atoms with Crippen LogP contribution in [0.15, 0.2) is 72.8 Å². The molecule has 0 fully saturated rings. The van der Waals surface area contributed by atoms with E-state index in [2.05, 4.69) is 10.6 Å². The summed E-state index contributed by atoms with van der Waals surface area (Å²) >= 11 is 6.00. The lowest BCUT2D eigenvalue weighted by Gasteiger charge is -2.20. The van der Waals surface area contributed by atoms with Crippen LogP contribution in [0.2, 0.25) is 5.02 Å². The first-order valence-corrected chi connectivity index (χ1v) is 9.88.